The predicted octanol–water partition coefficient (Wildman–Crippen LogP) is 2.35. The molecule has 0 aromatic heterocycles. The Hall–Kier alpha value is -1.27. The van der Waals surface area contributed by atoms with Crippen LogP contribution in [0.5, 0.6) is 0 Å². The summed E-state index contributed by atoms with van der Waals surface area (Å²) in [6, 6.07) is 4.53. The molecule has 0 bridgehead atoms. The van der Waals surface area contributed by atoms with E-state index >= 15 is 0 Å². The van der Waals surface area contributed by atoms with Crippen LogP contribution in [0.1, 0.15) is 36.5 Å². The Morgan fingerprint density at radius 2 is 1.95 bits per heavy atom. The van der Waals surface area contributed by atoms with Gasteiger partial charge in [0.1, 0.15) is 4.90 Å². The van der Waals surface area contributed by atoms with Crippen molar-refractivity contribution in [3.63, 3.8) is 0 Å². The summed E-state index contributed by atoms with van der Waals surface area (Å²) in [7, 11) is 4.99. The first-order valence-corrected chi connectivity index (χ1v) is 9.02. The van der Waals surface area contributed by atoms with E-state index in [0.717, 1.165) is 19.3 Å². The van der Waals surface area contributed by atoms with Crippen LogP contribution in [0.4, 0.5) is 5.69 Å². The molecule has 1 aliphatic carbocycles. The smallest absolute Gasteiger partial charge is 0.263 e. The normalized spacial score (nSPS) is 17.0. The van der Waals surface area contributed by atoms with Gasteiger partial charge >= 0.3 is 0 Å². The first kappa shape index (κ1) is 16.1. The molecule has 0 atom stereocenters. The zero-order valence-electron chi connectivity index (χ0n) is 12.3. The lowest BCUT2D eigenvalue weighted by Crippen LogP contribution is -2.50. The zero-order valence-corrected chi connectivity index (χ0v) is 13.9. The minimum Gasteiger partial charge on any atom is -0.377 e. The van der Waals surface area contributed by atoms with Gasteiger partial charge in [-0.1, -0.05) is 0 Å². The van der Waals surface area contributed by atoms with E-state index in [9.17, 15) is 13.2 Å². The molecule has 5 nitrogen and oxygen atoms in total. The van der Waals surface area contributed by atoms with Gasteiger partial charge in [0.05, 0.1) is 5.69 Å². The van der Waals surface area contributed by atoms with E-state index < -0.39 is 9.05 Å². The number of benzene rings is 1. The number of nitrogens with zero attached hydrogens (tertiary/aromatic N) is 1. The minimum atomic E-state index is -3.92. The minimum absolute atomic E-state index is 0.0550. The summed E-state index contributed by atoms with van der Waals surface area (Å²) in [6.45, 7) is 1.99. The van der Waals surface area contributed by atoms with E-state index in [1.807, 2.05) is 6.92 Å². The fourth-order valence-electron chi connectivity index (χ4n) is 2.40. The van der Waals surface area contributed by atoms with Crippen molar-refractivity contribution in [2.75, 3.05) is 19.0 Å². The Labute approximate surface area is 129 Å². The number of carbonyl (C=O) groups is 1. The molecular formula is C14H19ClN2O3S. The molecule has 0 heterocycles. The number of carbonyl (C=O) groups excluding carboxylic acids is 1. The SMILES string of the molecule is CN(C)c1ccc(C(=O)NC2(C)CCC2)cc1S(=O)(=O)Cl. The van der Waals surface area contributed by atoms with Crippen LogP contribution in [-0.2, 0) is 9.05 Å². The second-order valence-electron chi connectivity index (χ2n) is 5.88. The number of rotatable bonds is 4. The molecule has 0 saturated heterocycles. The Morgan fingerprint density at radius 1 is 1.33 bits per heavy atom. The van der Waals surface area contributed by atoms with Gasteiger partial charge in [-0.15, -0.1) is 0 Å². The summed E-state index contributed by atoms with van der Waals surface area (Å²) < 4.78 is 23.4. The van der Waals surface area contributed by atoms with Gasteiger partial charge in [0, 0.05) is 35.9 Å². The Bertz CT molecular complexity index is 667. The lowest BCUT2D eigenvalue weighted by molar-refractivity contribution is 0.0850. The molecule has 1 aromatic carbocycles. The number of hydrogen-bond donors (Lipinski definition) is 1. The van der Waals surface area contributed by atoms with Crippen LogP contribution in [0.25, 0.3) is 0 Å². The molecule has 7 heteroatoms. The molecule has 2 rings (SSSR count). The zero-order chi connectivity index (χ0) is 15.8. The Kier molecular flexibility index (Phi) is 4.22. The van der Waals surface area contributed by atoms with Crippen LogP contribution in [-0.4, -0.2) is 34.0 Å². The van der Waals surface area contributed by atoms with Crippen molar-refractivity contribution in [2.45, 2.75) is 36.6 Å². The molecule has 0 unspecified atom stereocenters. The van der Waals surface area contributed by atoms with Gasteiger partial charge in [0.2, 0.25) is 0 Å². The molecule has 21 heavy (non-hydrogen) atoms. The van der Waals surface area contributed by atoms with Crippen molar-refractivity contribution in [1.82, 2.24) is 5.32 Å². The highest BCUT2D eigenvalue weighted by Gasteiger charge is 2.33. The van der Waals surface area contributed by atoms with Crippen LogP contribution in [0.3, 0.4) is 0 Å². The summed E-state index contributed by atoms with van der Waals surface area (Å²) in [5.41, 5.74) is 0.571. The fourth-order valence-corrected chi connectivity index (χ4v) is 3.54. The third kappa shape index (κ3) is 3.49. The first-order chi connectivity index (χ1) is 9.62. The highest BCUT2D eigenvalue weighted by atomic mass is 35.7. The monoisotopic (exact) mass is 330 g/mol. The van der Waals surface area contributed by atoms with Gasteiger partial charge in [-0.2, -0.15) is 0 Å². The number of amides is 1. The van der Waals surface area contributed by atoms with Crippen molar-refractivity contribution < 1.29 is 13.2 Å². The number of nitrogens with one attached hydrogen (secondary N) is 1. The molecule has 1 N–H and O–H groups in total. The Balaban J connectivity index is 2.35. The lowest BCUT2D eigenvalue weighted by atomic mass is 9.78. The molecule has 1 aromatic rings. The topological polar surface area (TPSA) is 66.5 Å². The number of hydrogen-bond acceptors (Lipinski definition) is 4. The largest absolute Gasteiger partial charge is 0.377 e. The summed E-state index contributed by atoms with van der Waals surface area (Å²) >= 11 is 0. The van der Waals surface area contributed by atoms with Gasteiger partial charge in [-0.05, 0) is 44.4 Å². The van der Waals surface area contributed by atoms with E-state index in [-0.39, 0.29) is 16.3 Å². The van der Waals surface area contributed by atoms with Crippen LogP contribution < -0.4 is 10.2 Å². The molecule has 1 saturated carbocycles. The highest BCUT2D eigenvalue weighted by Crippen LogP contribution is 2.32. The quantitative estimate of drug-likeness (QED) is 0.861. The highest BCUT2D eigenvalue weighted by molar-refractivity contribution is 8.13. The first-order valence-electron chi connectivity index (χ1n) is 6.71. The Morgan fingerprint density at radius 3 is 2.38 bits per heavy atom. The van der Waals surface area contributed by atoms with Crippen LogP contribution in [0, 0.1) is 0 Å². The number of halogens is 1. The van der Waals surface area contributed by atoms with Crippen LogP contribution in [0.2, 0.25) is 0 Å². The third-order valence-corrected chi connectivity index (χ3v) is 5.19. The summed E-state index contributed by atoms with van der Waals surface area (Å²) in [4.78, 5) is 13.8. The molecule has 1 aliphatic rings. The molecule has 0 radical (unpaired) electrons. The van der Waals surface area contributed by atoms with Crippen LogP contribution >= 0.6 is 10.7 Å². The van der Waals surface area contributed by atoms with Gasteiger partial charge in [-0.3, -0.25) is 4.79 Å². The van der Waals surface area contributed by atoms with E-state index in [4.69, 9.17) is 10.7 Å². The fraction of sp³-hybridized carbons (Fsp3) is 0.500. The maximum absolute atomic E-state index is 12.3. The average Bonchev–Trinajstić information content (AvgIpc) is 2.35. The second kappa shape index (κ2) is 5.50. The van der Waals surface area contributed by atoms with Crippen molar-refractivity contribution >= 4 is 31.3 Å². The standard InChI is InChI=1S/C14H19ClN2O3S/c1-14(7-4-8-14)16-13(18)10-5-6-11(17(2)3)12(9-10)21(15,19)20/h5-6,9H,4,7-8H2,1-3H3,(H,16,18). The second-order valence-corrected chi connectivity index (χ2v) is 8.42. The molecule has 0 spiro atoms. The van der Waals surface area contributed by atoms with Crippen molar-refractivity contribution in [1.29, 1.82) is 0 Å². The summed E-state index contributed by atoms with van der Waals surface area (Å²) in [5, 5.41) is 2.95. The molecule has 116 valence electrons. The molecule has 1 fully saturated rings. The van der Waals surface area contributed by atoms with E-state index in [1.165, 1.54) is 6.07 Å². The van der Waals surface area contributed by atoms with Gasteiger partial charge in [0.25, 0.3) is 15.0 Å². The number of anilines is 1. The molecule has 0 aliphatic heterocycles. The van der Waals surface area contributed by atoms with Gasteiger partial charge < -0.3 is 10.2 Å². The van der Waals surface area contributed by atoms with Gasteiger partial charge in [0.15, 0.2) is 0 Å². The van der Waals surface area contributed by atoms with Gasteiger partial charge in [-0.25, -0.2) is 8.42 Å². The molecule has 1 amide bonds. The lowest BCUT2D eigenvalue weighted by Gasteiger charge is -2.39. The summed E-state index contributed by atoms with van der Waals surface area (Å²) in [6.07, 6.45) is 2.97. The van der Waals surface area contributed by atoms with Crippen molar-refractivity contribution in [2.24, 2.45) is 0 Å². The predicted molar refractivity (Wildman–Crippen MR) is 83.5 cm³/mol. The van der Waals surface area contributed by atoms with E-state index in [1.54, 1.807) is 31.1 Å². The summed E-state index contributed by atoms with van der Waals surface area (Å²) in [5.74, 6) is -0.274. The van der Waals surface area contributed by atoms with Crippen LogP contribution in [0.15, 0.2) is 23.1 Å². The van der Waals surface area contributed by atoms with E-state index in [0.29, 0.717) is 11.3 Å². The van der Waals surface area contributed by atoms with Crippen molar-refractivity contribution in [3.8, 4) is 0 Å². The average molecular weight is 331 g/mol. The maximum Gasteiger partial charge on any atom is 0.263 e. The van der Waals surface area contributed by atoms with E-state index in [2.05, 4.69) is 5.32 Å². The van der Waals surface area contributed by atoms with Crippen molar-refractivity contribution in [3.05, 3.63) is 23.8 Å². The molecular weight excluding hydrogens is 312 g/mol. The third-order valence-electron chi connectivity index (χ3n) is 3.84. The maximum atomic E-state index is 12.3.